The minimum absolute atomic E-state index is 0.0911. The number of amides is 1. The normalized spacial score (nSPS) is 17.5. The predicted molar refractivity (Wildman–Crippen MR) is 91.1 cm³/mol. The van der Waals surface area contributed by atoms with Crippen molar-refractivity contribution in [1.29, 1.82) is 0 Å². The molecule has 1 N–H and O–H groups in total. The molecule has 1 aliphatic rings. The SMILES string of the molecule is O=C(c1cc(Oc2ccccc2)ccn1)N1CCCC[C@@H]1CCO. The molecule has 0 bridgehead atoms. The minimum atomic E-state index is -0.0911. The van der Waals surface area contributed by atoms with Gasteiger partial charge in [-0.15, -0.1) is 0 Å². The molecule has 5 heteroatoms. The molecule has 126 valence electrons. The van der Waals surface area contributed by atoms with Crippen LogP contribution in [-0.2, 0) is 0 Å². The van der Waals surface area contributed by atoms with Gasteiger partial charge in [-0.05, 0) is 43.9 Å². The summed E-state index contributed by atoms with van der Waals surface area (Å²) < 4.78 is 5.78. The predicted octanol–water partition coefficient (Wildman–Crippen LogP) is 3.25. The number of carbonyl (C=O) groups excluding carboxylic acids is 1. The van der Waals surface area contributed by atoms with Gasteiger partial charge in [-0.3, -0.25) is 9.78 Å². The number of carbonyl (C=O) groups is 1. The first-order chi connectivity index (χ1) is 11.8. The highest BCUT2D eigenvalue weighted by Crippen LogP contribution is 2.24. The van der Waals surface area contributed by atoms with E-state index in [0.717, 1.165) is 31.6 Å². The van der Waals surface area contributed by atoms with Gasteiger partial charge in [-0.1, -0.05) is 18.2 Å². The third-order valence-electron chi connectivity index (χ3n) is 4.28. The van der Waals surface area contributed by atoms with Crippen LogP contribution in [-0.4, -0.2) is 40.1 Å². The number of aliphatic hydroxyl groups excluding tert-OH is 1. The third-order valence-corrected chi connectivity index (χ3v) is 4.28. The van der Waals surface area contributed by atoms with E-state index in [0.29, 0.717) is 17.9 Å². The standard InChI is InChI=1S/C19H22N2O3/c22-13-10-15-6-4-5-12-21(15)19(23)18-14-17(9-11-20-18)24-16-7-2-1-3-8-16/h1-3,7-9,11,14-15,22H,4-6,10,12-13H2/t15-/m1/s1. The Hall–Kier alpha value is -2.40. The maximum atomic E-state index is 12.8. The maximum Gasteiger partial charge on any atom is 0.272 e. The van der Waals surface area contributed by atoms with E-state index >= 15 is 0 Å². The van der Waals surface area contributed by atoms with Crippen molar-refractivity contribution in [1.82, 2.24) is 9.88 Å². The second-order valence-corrected chi connectivity index (χ2v) is 5.95. The number of rotatable bonds is 5. The molecule has 24 heavy (non-hydrogen) atoms. The number of benzene rings is 1. The Morgan fingerprint density at radius 1 is 1.21 bits per heavy atom. The summed E-state index contributed by atoms with van der Waals surface area (Å²) in [6, 6.07) is 13.0. The summed E-state index contributed by atoms with van der Waals surface area (Å²) in [5, 5.41) is 9.22. The van der Waals surface area contributed by atoms with E-state index in [1.807, 2.05) is 35.2 Å². The number of likely N-dealkylation sites (tertiary alicyclic amines) is 1. The maximum absolute atomic E-state index is 12.8. The number of aliphatic hydroxyl groups is 1. The molecule has 1 atom stereocenters. The smallest absolute Gasteiger partial charge is 0.272 e. The van der Waals surface area contributed by atoms with Crippen molar-refractivity contribution >= 4 is 5.91 Å². The van der Waals surface area contributed by atoms with Gasteiger partial charge < -0.3 is 14.7 Å². The van der Waals surface area contributed by atoms with Crippen molar-refractivity contribution in [3.05, 3.63) is 54.4 Å². The summed E-state index contributed by atoms with van der Waals surface area (Å²) in [6.07, 6.45) is 5.24. The lowest BCUT2D eigenvalue weighted by Gasteiger charge is -2.35. The highest BCUT2D eigenvalue weighted by Gasteiger charge is 2.27. The average Bonchev–Trinajstić information content (AvgIpc) is 2.63. The second-order valence-electron chi connectivity index (χ2n) is 5.95. The Balaban J connectivity index is 1.76. The molecule has 2 aromatic rings. The summed E-state index contributed by atoms with van der Waals surface area (Å²) >= 11 is 0. The third kappa shape index (κ3) is 3.92. The average molecular weight is 326 g/mol. The van der Waals surface area contributed by atoms with E-state index < -0.39 is 0 Å². The van der Waals surface area contributed by atoms with Crippen molar-refractivity contribution < 1.29 is 14.6 Å². The lowest BCUT2D eigenvalue weighted by molar-refractivity contribution is 0.0568. The van der Waals surface area contributed by atoms with Crippen LogP contribution in [0.15, 0.2) is 48.7 Å². The van der Waals surface area contributed by atoms with Crippen molar-refractivity contribution in [2.24, 2.45) is 0 Å². The highest BCUT2D eigenvalue weighted by atomic mass is 16.5. The van der Waals surface area contributed by atoms with Crippen LogP contribution >= 0.6 is 0 Å². The molecule has 1 aromatic heterocycles. The van der Waals surface area contributed by atoms with Gasteiger partial charge in [0, 0.05) is 31.5 Å². The van der Waals surface area contributed by atoms with Gasteiger partial charge in [-0.25, -0.2) is 0 Å². The van der Waals surface area contributed by atoms with Crippen LogP contribution in [0.4, 0.5) is 0 Å². The number of aromatic nitrogens is 1. The molecule has 1 fully saturated rings. The summed E-state index contributed by atoms with van der Waals surface area (Å²) in [6.45, 7) is 0.813. The zero-order valence-electron chi connectivity index (χ0n) is 13.6. The number of ether oxygens (including phenoxy) is 1. The lowest BCUT2D eigenvalue weighted by Crippen LogP contribution is -2.44. The molecule has 0 saturated carbocycles. The van der Waals surface area contributed by atoms with Gasteiger partial charge in [0.1, 0.15) is 17.2 Å². The molecular formula is C19H22N2O3. The molecular weight excluding hydrogens is 304 g/mol. The fourth-order valence-electron chi connectivity index (χ4n) is 3.08. The van der Waals surface area contributed by atoms with Gasteiger partial charge >= 0.3 is 0 Å². The molecule has 0 aliphatic carbocycles. The molecule has 0 unspecified atom stereocenters. The number of piperidine rings is 1. The Bertz CT molecular complexity index is 673. The second kappa shape index (κ2) is 7.93. The molecule has 3 rings (SSSR count). The largest absolute Gasteiger partial charge is 0.457 e. The van der Waals surface area contributed by atoms with E-state index in [1.54, 1.807) is 18.3 Å². The first kappa shape index (κ1) is 16.5. The van der Waals surface area contributed by atoms with Crippen molar-refractivity contribution in [3.63, 3.8) is 0 Å². The van der Waals surface area contributed by atoms with Crippen LogP contribution < -0.4 is 4.74 Å². The number of hydrogen-bond acceptors (Lipinski definition) is 4. The van der Waals surface area contributed by atoms with E-state index in [-0.39, 0.29) is 18.6 Å². The summed E-state index contributed by atoms with van der Waals surface area (Å²) in [7, 11) is 0. The fourth-order valence-corrected chi connectivity index (χ4v) is 3.08. The van der Waals surface area contributed by atoms with E-state index in [4.69, 9.17) is 4.74 Å². The van der Waals surface area contributed by atoms with Crippen molar-refractivity contribution in [3.8, 4) is 11.5 Å². The molecule has 0 radical (unpaired) electrons. The molecule has 1 saturated heterocycles. The Morgan fingerprint density at radius 3 is 2.83 bits per heavy atom. The topological polar surface area (TPSA) is 62.7 Å². The number of hydrogen-bond donors (Lipinski definition) is 1. The number of para-hydroxylation sites is 1. The summed E-state index contributed by atoms with van der Waals surface area (Å²) in [5.41, 5.74) is 0.383. The molecule has 1 aliphatic heterocycles. The minimum Gasteiger partial charge on any atom is -0.457 e. The van der Waals surface area contributed by atoms with Crippen LogP contribution in [0.3, 0.4) is 0 Å². The summed E-state index contributed by atoms with van der Waals surface area (Å²) in [4.78, 5) is 18.9. The van der Waals surface area contributed by atoms with Gasteiger partial charge in [0.25, 0.3) is 5.91 Å². The van der Waals surface area contributed by atoms with Crippen LogP contribution in [0.25, 0.3) is 0 Å². The van der Waals surface area contributed by atoms with E-state index in [9.17, 15) is 9.90 Å². The lowest BCUT2D eigenvalue weighted by atomic mass is 9.99. The monoisotopic (exact) mass is 326 g/mol. The molecule has 5 nitrogen and oxygen atoms in total. The number of nitrogens with zero attached hydrogens (tertiary/aromatic N) is 2. The number of pyridine rings is 1. The Morgan fingerprint density at radius 2 is 2.04 bits per heavy atom. The van der Waals surface area contributed by atoms with Crippen LogP contribution in [0, 0.1) is 0 Å². The van der Waals surface area contributed by atoms with Gasteiger partial charge in [0.15, 0.2) is 0 Å². The quantitative estimate of drug-likeness (QED) is 0.916. The van der Waals surface area contributed by atoms with Gasteiger partial charge in [-0.2, -0.15) is 0 Å². The zero-order valence-corrected chi connectivity index (χ0v) is 13.6. The van der Waals surface area contributed by atoms with E-state index in [2.05, 4.69) is 4.98 Å². The van der Waals surface area contributed by atoms with E-state index in [1.165, 1.54) is 0 Å². The van der Waals surface area contributed by atoms with Gasteiger partial charge in [0.2, 0.25) is 0 Å². The molecule has 0 spiro atoms. The summed E-state index contributed by atoms with van der Waals surface area (Å²) in [5.74, 6) is 1.22. The fraction of sp³-hybridized carbons (Fsp3) is 0.368. The molecule has 1 amide bonds. The Kier molecular flexibility index (Phi) is 5.43. The molecule has 2 heterocycles. The van der Waals surface area contributed by atoms with Crippen molar-refractivity contribution in [2.75, 3.05) is 13.2 Å². The molecule has 1 aromatic carbocycles. The van der Waals surface area contributed by atoms with Crippen molar-refractivity contribution in [2.45, 2.75) is 31.7 Å². The highest BCUT2D eigenvalue weighted by molar-refractivity contribution is 5.93. The zero-order chi connectivity index (χ0) is 16.8. The van der Waals surface area contributed by atoms with Crippen LogP contribution in [0.2, 0.25) is 0 Å². The van der Waals surface area contributed by atoms with Crippen LogP contribution in [0.5, 0.6) is 11.5 Å². The first-order valence-corrected chi connectivity index (χ1v) is 8.38. The van der Waals surface area contributed by atoms with Crippen LogP contribution in [0.1, 0.15) is 36.2 Å². The first-order valence-electron chi connectivity index (χ1n) is 8.38. The Labute approximate surface area is 141 Å². The van der Waals surface area contributed by atoms with Gasteiger partial charge in [0.05, 0.1) is 0 Å².